The Labute approximate surface area is 68.0 Å². The van der Waals surface area contributed by atoms with Crippen LogP contribution in [-0.2, 0) is 4.79 Å². The van der Waals surface area contributed by atoms with Crippen molar-refractivity contribution < 1.29 is 4.79 Å². The van der Waals surface area contributed by atoms with E-state index in [0.717, 1.165) is 5.57 Å². The van der Waals surface area contributed by atoms with Gasteiger partial charge in [-0.2, -0.15) is 0 Å². The number of hydrogen-bond acceptors (Lipinski definition) is 1. The molecule has 0 aromatic heterocycles. The Balaban J connectivity index is 4.00. The summed E-state index contributed by atoms with van der Waals surface area (Å²) < 4.78 is 0. The number of allylic oxidation sites excluding steroid dienone is 3. The van der Waals surface area contributed by atoms with Crippen molar-refractivity contribution in [1.29, 1.82) is 0 Å². The highest BCUT2D eigenvalue weighted by Gasteiger charge is 1.98. The molecule has 0 aliphatic heterocycles. The molecule has 0 heterocycles. The second kappa shape index (κ2) is 5.71. The first kappa shape index (κ1) is 9.95. The zero-order chi connectivity index (χ0) is 8.69. The normalized spacial score (nSPS) is 12.1. The molecule has 2 heteroatoms. The molecule has 0 aliphatic carbocycles. The van der Waals surface area contributed by atoms with Crippen LogP contribution in [0.2, 0.25) is 0 Å². The SMILES string of the molecule is C/C=C\C(=C/C)CC(=O)NC. The van der Waals surface area contributed by atoms with Gasteiger partial charge >= 0.3 is 0 Å². The summed E-state index contributed by atoms with van der Waals surface area (Å²) in [6.45, 7) is 3.87. The van der Waals surface area contributed by atoms with Crippen LogP contribution in [0, 0.1) is 0 Å². The van der Waals surface area contributed by atoms with Gasteiger partial charge in [-0.15, -0.1) is 0 Å². The Morgan fingerprint density at radius 2 is 2.09 bits per heavy atom. The van der Waals surface area contributed by atoms with Gasteiger partial charge in [0.05, 0.1) is 6.42 Å². The van der Waals surface area contributed by atoms with Crippen LogP contribution < -0.4 is 5.32 Å². The van der Waals surface area contributed by atoms with Gasteiger partial charge in [-0.25, -0.2) is 0 Å². The topological polar surface area (TPSA) is 29.1 Å². The summed E-state index contributed by atoms with van der Waals surface area (Å²) in [5, 5.41) is 2.57. The third-order valence-electron chi connectivity index (χ3n) is 1.40. The molecular formula is C9H15NO. The van der Waals surface area contributed by atoms with Gasteiger partial charge in [0.2, 0.25) is 5.91 Å². The van der Waals surface area contributed by atoms with Crippen LogP contribution >= 0.6 is 0 Å². The Hall–Kier alpha value is -1.05. The maximum atomic E-state index is 10.9. The first-order valence-corrected chi connectivity index (χ1v) is 3.73. The number of nitrogens with one attached hydrogen (secondary N) is 1. The van der Waals surface area contributed by atoms with E-state index in [-0.39, 0.29) is 5.91 Å². The molecule has 0 bridgehead atoms. The van der Waals surface area contributed by atoms with Gasteiger partial charge in [0.15, 0.2) is 0 Å². The minimum Gasteiger partial charge on any atom is -0.359 e. The molecule has 0 atom stereocenters. The predicted molar refractivity (Wildman–Crippen MR) is 47.3 cm³/mol. The number of carbonyl (C=O) groups is 1. The van der Waals surface area contributed by atoms with Crippen molar-refractivity contribution in [3.05, 3.63) is 23.8 Å². The number of amides is 1. The van der Waals surface area contributed by atoms with Crippen molar-refractivity contribution in [2.75, 3.05) is 7.05 Å². The summed E-state index contributed by atoms with van der Waals surface area (Å²) in [5.41, 5.74) is 1.05. The summed E-state index contributed by atoms with van der Waals surface area (Å²) in [7, 11) is 1.64. The Morgan fingerprint density at radius 3 is 2.45 bits per heavy atom. The highest BCUT2D eigenvalue weighted by atomic mass is 16.1. The van der Waals surface area contributed by atoms with E-state index in [1.54, 1.807) is 7.05 Å². The van der Waals surface area contributed by atoms with Gasteiger partial charge in [0, 0.05) is 7.05 Å². The smallest absolute Gasteiger partial charge is 0.224 e. The quantitative estimate of drug-likeness (QED) is 0.614. The van der Waals surface area contributed by atoms with Crippen molar-refractivity contribution in [2.24, 2.45) is 0 Å². The standard InChI is InChI=1S/C9H15NO/c1-4-6-8(5-2)7-9(11)10-3/h4-6H,7H2,1-3H3,(H,10,11)/b6-4-,8-5+. The molecular weight excluding hydrogens is 138 g/mol. The summed E-state index contributed by atoms with van der Waals surface area (Å²) in [6, 6.07) is 0. The van der Waals surface area contributed by atoms with Crippen molar-refractivity contribution in [3.63, 3.8) is 0 Å². The van der Waals surface area contributed by atoms with Crippen LogP contribution in [0.1, 0.15) is 20.3 Å². The lowest BCUT2D eigenvalue weighted by Gasteiger charge is -1.98. The minimum absolute atomic E-state index is 0.0520. The largest absolute Gasteiger partial charge is 0.359 e. The van der Waals surface area contributed by atoms with Crippen molar-refractivity contribution in [1.82, 2.24) is 5.32 Å². The van der Waals surface area contributed by atoms with Crippen molar-refractivity contribution in [3.8, 4) is 0 Å². The van der Waals surface area contributed by atoms with Gasteiger partial charge in [-0.1, -0.05) is 18.2 Å². The molecule has 62 valence electrons. The molecule has 1 amide bonds. The van der Waals surface area contributed by atoms with E-state index in [9.17, 15) is 4.79 Å². The van der Waals surface area contributed by atoms with E-state index in [1.807, 2.05) is 32.1 Å². The molecule has 0 spiro atoms. The molecule has 0 saturated carbocycles. The predicted octanol–water partition coefficient (Wildman–Crippen LogP) is 1.64. The molecule has 2 nitrogen and oxygen atoms in total. The fourth-order valence-electron chi connectivity index (χ4n) is 0.745. The maximum Gasteiger partial charge on any atom is 0.224 e. The van der Waals surface area contributed by atoms with E-state index in [1.165, 1.54) is 0 Å². The van der Waals surface area contributed by atoms with Gasteiger partial charge < -0.3 is 5.32 Å². The Bertz CT molecular complexity index is 180. The fraction of sp³-hybridized carbons (Fsp3) is 0.444. The highest BCUT2D eigenvalue weighted by molar-refractivity contribution is 5.78. The lowest BCUT2D eigenvalue weighted by atomic mass is 10.1. The molecule has 0 aromatic carbocycles. The third-order valence-corrected chi connectivity index (χ3v) is 1.40. The highest BCUT2D eigenvalue weighted by Crippen LogP contribution is 2.02. The molecule has 0 unspecified atom stereocenters. The monoisotopic (exact) mass is 153 g/mol. The average Bonchev–Trinajstić information content (AvgIpc) is 2.03. The van der Waals surface area contributed by atoms with Crippen molar-refractivity contribution in [2.45, 2.75) is 20.3 Å². The van der Waals surface area contributed by atoms with E-state index in [2.05, 4.69) is 5.32 Å². The van der Waals surface area contributed by atoms with Gasteiger partial charge in [-0.05, 0) is 19.4 Å². The zero-order valence-electron chi connectivity index (χ0n) is 7.35. The first-order chi connectivity index (χ1) is 5.24. The van der Waals surface area contributed by atoms with Gasteiger partial charge in [0.25, 0.3) is 0 Å². The van der Waals surface area contributed by atoms with E-state index in [4.69, 9.17) is 0 Å². The minimum atomic E-state index is 0.0520. The molecule has 0 saturated heterocycles. The fourth-order valence-corrected chi connectivity index (χ4v) is 0.745. The molecule has 0 rings (SSSR count). The zero-order valence-corrected chi connectivity index (χ0v) is 7.35. The lowest BCUT2D eigenvalue weighted by molar-refractivity contribution is -0.119. The van der Waals surface area contributed by atoms with Gasteiger partial charge in [-0.3, -0.25) is 4.79 Å². The Kier molecular flexibility index (Phi) is 5.17. The van der Waals surface area contributed by atoms with Crippen LogP contribution in [0.4, 0.5) is 0 Å². The van der Waals surface area contributed by atoms with Crippen molar-refractivity contribution >= 4 is 5.91 Å². The Morgan fingerprint density at radius 1 is 1.45 bits per heavy atom. The molecule has 0 radical (unpaired) electrons. The maximum absolute atomic E-state index is 10.9. The van der Waals surface area contributed by atoms with Crippen LogP contribution in [0.25, 0.3) is 0 Å². The van der Waals surface area contributed by atoms with Crippen LogP contribution in [-0.4, -0.2) is 13.0 Å². The molecule has 0 aromatic rings. The number of hydrogen-bond donors (Lipinski definition) is 1. The lowest BCUT2D eigenvalue weighted by Crippen LogP contribution is -2.17. The second-order valence-corrected chi connectivity index (χ2v) is 2.21. The van der Waals surface area contributed by atoms with Crippen LogP contribution in [0.5, 0.6) is 0 Å². The second-order valence-electron chi connectivity index (χ2n) is 2.21. The van der Waals surface area contributed by atoms with Crippen LogP contribution in [0.15, 0.2) is 23.8 Å². The molecule has 0 aliphatic rings. The summed E-state index contributed by atoms with van der Waals surface area (Å²) in [5.74, 6) is 0.0520. The van der Waals surface area contributed by atoms with E-state index >= 15 is 0 Å². The molecule has 1 N–H and O–H groups in total. The number of rotatable bonds is 3. The third kappa shape index (κ3) is 4.37. The number of carbonyl (C=O) groups excluding carboxylic acids is 1. The molecule has 11 heavy (non-hydrogen) atoms. The van der Waals surface area contributed by atoms with Gasteiger partial charge in [0.1, 0.15) is 0 Å². The molecule has 0 fully saturated rings. The van der Waals surface area contributed by atoms with Crippen LogP contribution in [0.3, 0.4) is 0 Å². The summed E-state index contributed by atoms with van der Waals surface area (Å²) in [4.78, 5) is 10.9. The van der Waals surface area contributed by atoms with E-state index in [0.29, 0.717) is 6.42 Å². The average molecular weight is 153 g/mol. The summed E-state index contributed by atoms with van der Waals surface area (Å²) >= 11 is 0. The van der Waals surface area contributed by atoms with E-state index < -0.39 is 0 Å². The first-order valence-electron chi connectivity index (χ1n) is 3.73. The summed E-state index contributed by atoms with van der Waals surface area (Å²) in [6.07, 6.45) is 6.28.